The number of carbonyl (C=O) groups is 2. The topological polar surface area (TPSA) is 202 Å². The molecule has 0 aromatic heterocycles. The fourth-order valence-corrected chi connectivity index (χ4v) is 7.64. The second-order valence-electron chi connectivity index (χ2n) is 17.2. The van der Waals surface area contributed by atoms with E-state index >= 15 is 0 Å². The number of aliphatic hydroxyl groups is 6. The Hall–Kier alpha value is -1.94. The minimum Gasteiger partial charge on any atom is -0.463 e. The van der Waals surface area contributed by atoms with Crippen molar-refractivity contribution in [3.63, 3.8) is 0 Å². The van der Waals surface area contributed by atoms with Crippen LogP contribution >= 0.6 is 0 Å². The molecule has 61 heavy (non-hydrogen) atoms. The van der Waals surface area contributed by atoms with Crippen LogP contribution in [0.3, 0.4) is 0 Å². The van der Waals surface area contributed by atoms with E-state index in [1.807, 2.05) is 0 Å². The highest BCUT2D eigenvalue weighted by Gasteiger charge is 2.50. The van der Waals surface area contributed by atoms with Crippen molar-refractivity contribution < 1.29 is 63.9 Å². The quantitative estimate of drug-likeness (QED) is 0.0203. The summed E-state index contributed by atoms with van der Waals surface area (Å²) in [6.07, 6.45) is 22.7. The maximum absolute atomic E-state index is 12.5. The van der Waals surface area contributed by atoms with Gasteiger partial charge in [0.2, 0.25) is 0 Å². The number of hydrogen-bond donors (Lipinski definition) is 6. The second-order valence-corrected chi connectivity index (χ2v) is 17.2. The summed E-state index contributed by atoms with van der Waals surface area (Å²) in [5.41, 5.74) is 0. The molecule has 10 atom stereocenters. The third kappa shape index (κ3) is 24.6. The third-order valence-electron chi connectivity index (χ3n) is 11.7. The SMILES string of the molecule is CCCCCCCCC=CCCCCCCCC(=O)OCC1OC(OC2OC(COC(=O)CCCCCCCC=CCCCCCCCC)C(O)C(O)C2O)C(O)C(O)C1O. The smallest absolute Gasteiger partial charge is 0.305 e. The Bertz CT molecular complexity index is 1060. The molecule has 2 heterocycles. The Kier molecular flexibility index (Phi) is 32.0. The fraction of sp³-hybridized carbons (Fsp3) is 0.875. The Morgan fingerprint density at radius 1 is 0.410 bits per heavy atom. The molecule has 0 radical (unpaired) electrons. The van der Waals surface area contributed by atoms with Crippen LogP contribution in [0, 0.1) is 0 Å². The summed E-state index contributed by atoms with van der Waals surface area (Å²) < 4.78 is 27.5. The lowest BCUT2D eigenvalue weighted by Crippen LogP contribution is -2.64. The normalized spacial score (nSPS) is 27.0. The summed E-state index contributed by atoms with van der Waals surface area (Å²) in [5, 5.41) is 63.4. The lowest BCUT2D eigenvalue weighted by Gasteiger charge is -2.44. The number of unbranched alkanes of at least 4 members (excludes halogenated alkanes) is 22. The van der Waals surface area contributed by atoms with Gasteiger partial charge in [-0.3, -0.25) is 9.59 Å². The maximum Gasteiger partial charge on any atom is 0.305 e. The van der Waals surface area contributed by atoms with E-state index < -0.39 is 86.6 Å². The number of esters is 2. The van der Waals surface area contributed by atoms with Gasteiger partial charge in [0.15, 0.2) is 12.6 Å². The van der Waals surface area contributed by atoms with Gasteiger partial charge in [-0.15, -0.1) is 0 Å². The maximum atomic E-state index is 12.5. The van der Waals surface area contributed by atoms with Crippen molar-refractivity contribution in [3.8, 4) is 0 Å². The van der Waals surface area contributed by atoms with Crippen molar-refractivity contribution in [1.29, 1.82) is 0 Å². The van der Waals surface area contributed by atoms with Crippen LogP contribution in [-0.4, -0.2) is 117 Å². The van der Waals surface area contributed by atoms with E-state index in [1.165, 1.54) is 77.0 Å². The molecule has 0 bridgehead atoms. The van der Waals surface area contributed by atoms with Crippen molar-refractivity contribution in [3.05, 3.63) is 24.3 Å². The minimum absolute atomic E-state index is 0.178. The molecule has 0 amide bonds. The molecule has 0 aromatic carbocycles. The molecule has 0 spiro atoms. The van der Waals surface area contributed by atoms with Crippen molar-refractivity contribution in [2.24, 2.45) is 0 Å². The number of ether oxygens (including phenoxy) is 5. The molecule has 2 saturated heterocycles. The van der Waals surface area contributed by atoms with Gasteiger partial charge in [0, 0.05) is 12.8 Å². The lowest BCUT2D eigenvalue weighted by atomic mass is 9.98. The highest BCUT2D eigenvalue weighted by Crippen LogP contribution is 2.29. The molecule has 10 unspecified atom stereocenters. The molecular weight excluding hydrogens is 785 g/mol. The van der Waals surface area contributed by atoms with Crippen LogP contribution in [0.5, 0.6) is 0 Å². The average Bonchev–Trinajstić information content (AvgIpc) is 3.25. The number of allylic oxidation sites excluding steroid dienone is 4. The van der Waals surface area contributed by atoms with Gasteiger partial charge in [0.05, 0.1) is 0 Å². The van der Waals surface area contributed by atoms with Crippen molar-refractivity contribution in [2.45, 2.75) is 255 Å². The standard InChI is InChI=1S/C48H86O13/c1-3-5-7-9-11-13-15-17-19-21-23-25-27-29-31-33-39(49)57-35-37-41(51)43(53)45(55)47(59-37)61-48-46(56)44(54)42(52)38(60-48)36-58-40(50)34-32-30-28-26-24-22-20-18-16-14-12-10-8-6-4-2/h17-20,37-38,41-48,51-56H,3-16,21-36H2,1-2H3. The first kappa shape index (κ1) is 55.2. The average molecular weight is 871 g/mol. The molecule has 2 aliphatic rings. The summed E-state index contributed by atoms with van der Waals surface area (Å²) >= 11 is 0. The summed E-state index contributed by atoms with van der Waals surface area (Å²) in [6, 6.07) is 0. The monoisotopic (exact) mass is 871 g/mol. The Morgan fingerprint density at radius 2 is 0.705 bits per heavy atom. The van der Waals surface area contributed by atoms with Gasteiger partial charge in [-0.25, -0.2) is 0 Å². The van der Waals surface area contributed by atoms with Gasteiger partial charge in [-0.2, -0.15) is 0 Å². The van der Waals surface area contributed by atoms with E-state index in [-0.39, 0.29) is 12.8 Å². The van der Waals surface area contributed by atoms with Crippen LogP contribution in [0.4, 0.5) is 0 Å². The van der Waals surface area contributed by atoms with E-state index in [0.717, 1.165) is 77.0 Å². The first-order valence-corrected chi connectivity index (χ1v) is 24.3. The van der Waals surface area contributed by atoms with Gasteiger partial charge in [-0.1, -0.05) is 141 Å². The number of hydrogen-bond acceptors (Lipinski definition) is 13. The number of carbonyl (C=O) groups excluding carboxylic acids is 2. The molecular formula is C48H86O13. The zero-order valence-electron chi connectivity index (χ0n) is 37.8. The molecule has 356 valence electrons. The predicted octanol–water partition coefficient (Wildman–Crippen LogP) is 7.78. The minimum atomic E-state index is -1.81. The molecule has 6 N–H and O–H groups in total. The molecule has 13 heteroatoms. The van der Waals surface area contributed by atoms with E-state index in [2.05, 4.69) is 38.2 Å². The van der Waals surface area contributed by atoms with Gasteiger partial charge >= 0.3 is 11.9 Å². The molecule has 2 fully saturated rings. The first-order chi connectivity index (χ1) is 29.6. The summed E-state index contributed by atoms with van der Waals surface area (Å²) in [7, 11) is 0. The van der Waals surface area contributed by atoms with Crippen LogP contribution < -0.4 is 0 Å². The van der Waals surface area contributed by atoms with Gasteiger partial charge in [0.1, 0.15) is 62.0 Å². The lowest BCUT2D eigenvalue weighted by molar-refractivity contribution is -0.376. The van der Waals surface area contributed by atoms with Crippen molar-refractivity contribution >= 4 is 11.9 Å². The summed E-state index contributed by atoms with van der Waals surface area (Å²) in [4.78, 5) is 24.9. The molecule has 0 saturated carbocycles. The van der Waals surface area contributed by atoms with Crippen LogP contribution in [0.15, 0.2) is 24.3 Å². The number of rotatable bonds is 36. The first-order valence-electron chi connectivity index (χ1n) is 24.3. The van der Waals surface area contributed by atoms with E-state index in [9.17, 15) is 40.2 Å². The highest BCUT2D eigenvalue weighted by molar-refractivity contribution is 5.69. The number of aliphatic hydroxyl groups excluding tert-OH is 6. The van der Waals surface area contributed by atoms with Crippen molar-refractivity contribution in [1.82, 2.24) is 0 Å². The van der Waals surface area contributed by atoms with Crippen LogP contribution in [0.25, 0.3) is 0 Å². The second kappa shape index (κ2) is 35.4. The van der Waals surface area contributed by atoms with Gasteiger partial charge in [0.25, 0.3) is 0 Å². The molecule has 2 aliphatic heterocycles. The van der Waals surface area contributed by atoms with Crippen LogP contribution in [0.1, 0.15) is 194 Å². The third-order valence-corrected chi connectivity index (χ3v) is 11.7. The zero-order valence-corrected chi connectivity index (χ0v) is 37.8. The molecule has 0 aliphatic carbocycles. The van der Waals surface area contributed by atoms with E-state index in [1.54, 1.807) is 0 Å². The van der Waals surface area contributed by atoms with E-state index in [0.29, 0.717) is 12.8 Å². The Morgan fingerprint density at radius 3 is 1.03 bits per heavy atom. The summed E-state index contributed by atoms with van der Waals surface area (Å²) in [6.45, 7) is 3.60. The Labute approximate surface area is 367 Å². The zero-order chi connectivity index (χ0) is 44.5. The molecule has 0 aromatic rings. The Balaban J connectivity index is 1.63. The van der Waals surface area contributed by atoms with Crippen LogP contribution in [0.2, 0.25) is 0 Å². The molecule has 13 nitrogen and oxygen atoms in total. The summed E-state index contributed by atoms with van der Waals surface area (Å²) in [5.74, 6) is -0.992. The van der Waals surface area contributed by atoms with E-state index in [4.69, 9.17) is 23.7 Å². The predicted molar refractivity (Wildman–Crippen MR) is 235 cm³/mol. The van der Waals surface area contributed by atoms with Crippen molar-refractivity contribution in [2.75, 3.05) is 13.2 Å². The highest BCUT2D eigenvalue weighted by atomic mass is 16.8. The fourth-order valence-electron chi connectivity index (χ4n) is 7.64. The molecule has 2 rings (SSSR count). The largest absolute Gasteiger partial charge is 0.463 e. The van der Waals surface area contributed by atoms with Crippen LogP contribution in [-0.2, 0) is 33.3 Å². The van der Waals surface area contributed by atoms with Gasteiger partial charge < -0.3 is 54.3 Å². The van der Waals surface area contributed by atoms with Gasteiger partial charge in [-0.05, 0) is 64.2 Å².